The third-order valence-electron chi connectivity index (χ3n) is 2.98. The summed E-state index contributed by atoms with van der Waals surface area (Å²) in [5.74, 6) is 0.395. The van der Waals surface area contributed by atoms with Crippen molar-refractivity contribution in [3.8, 4) is 0 Å². The smallest absolute Gasteiger partial charge is 0.137 e. The molecule has 1 heterocycles. The minimum atomic E-state index is -0.0714. The molecule has 0 aliphatic heterocycles. The van der Waals surface area contributed by atoms with Crippen LogP contribution in [-0.2, 0) is 0 Å². The van der Waals surface area contributed by atoms with Crippen molar-refractivity contribution in [2.45, 2.75) is 25.9 Å². The first-order valence-corrected chi connectivity index (χ1v) is 5.85. The molecule has 17 heavy (non-hydrogen) atoms. The molecular formula is C13H18N4. The fraction of sp³-hybridized carbons (Fsp3) is 0.385. The Bertz CT molecular complexity index is 436. The highest BCUT2D eigenvalue weighted by molar-refractivity contribution is 5.19. The maximum Gasteiger partial charge on any atom is 0.137 e. The number of hydrogen-bond acceptors (Lipinski definition) is 3. The molecule has 2 unspecified atom stereocenters. The van der Waals surface area contributed by atoms with E-state index in [2.05, 4.69) is 36.1 Å². The normalized spacial score (nSPS) is 14.8. The third-order valence-corrected chi connectivity index (χ3v) is 2.98. The lowest BCUT2D eigenvalue weighted by Gasteiger charge is -2.27. The zero-order valence-corrected chi connectivity index (χ0v) is 10.2. The first-order valence-electron chi connectivity index (χ1n) is 5.85. The van der Waals surface area contributed by atoms with Crippen molar-refractivity contribution >= 4 is 0 Å². The highest BCUT2D eigenvalue weighted by atomic mass is 15.3. The van der Waals surface area contributed by atoms with E-state index in [1.807, 2.05) is 22.9 Å². The second-order valence-electron chi connectivity index (χ2n) is 4.55. The number of nitrogens with zero attached hydrogens (tertiary/aromatic N) is 3. The first-order chi connectivity index (χ1) is 8.20. The van der Waals surface area contributed by atoms with Gasteiger partial charge in [0, 0.05) is 0 Å². The Labute approximate surface area is 101 Å². The summed E-state index contributed by atoms with van der Waals surface area (Å²) in [6.45, 7) is 4.30. The van der Waals surface area contributed by atoms with E-state index >= 15 is 0 Å². The van der Waals surface area contributed by atoms with E-state index in [1.165, 1.54) is 0 Å². The molecule has 90 valence electrons. The summed E-state index contributed by atoms with van der Waals surface area (Å²) in [5.41, 5.74) is 7.47. The van der Waals surface area contributed by atoms with Crippen molar-refractivity contribution in [2.24, 2.45) is 11.7 Å². The number of aromatic nitrogens is 3. The predicted octanol–water partition coefficient (Wildman–Crippen LogP) is 2.18. The summed E-state index contributed by atoms with van der Waals surface area (Å²) in [6.07, 6.45) is 3.28. The first kappa shape index (κ1) is 11.8. The van der Waals surface area contributed by atoms with Gasteiger partial charge in [-0.3, -0.25) is 0 Å². The van der Waals surface area contributed by atoms with E-state index < -0.39 is 0 Å². The monoisotopic (exact) mass is 230 g/mol. The number of rotatable bonds is 4. The zero-order valence-electron chi connectivity index (χ0n) is 10.2. The summed E-state index contributed by atoms with van der Waals surface area (Å²) >= 11 is 0. The van der Waals surface area contributed by atoms with Crippen molar-refractivity contribution in [2.75, 3.05) is 0 Å². The quantitative estimate of drug-likeness (QED) is 0.875. The predicted molar refractivity (Wildman–Crippen MR) is 67.3 cm³/mol. The second kappa shape index (κ2) is 5.10. The minimum absolute atomic E-state index is 0.0714. The Balaban J connectivity index is 2.29. The second-order valence-corrected chi connectivity index (χ2v) is 4.55. The fourth-order valence-electron chi connectivity index (χ4n) is 2.13. The maximum absolute atomic E-state index is 6.34. The highest BCUT2D eigenvalue weighted by Gasteiger charge is 2.24. The van der Waals surface area contributed by atoms with Gasteiger partial charge in [0.15, 0.2) is 0 Å². The van der Waals surface area contributed by atoms with Crippen molar-refractivity contribution in [3.63, 3.8) is 0 Å². The molecule has 2 atom stereocenters. The zero-order chi connectivity index (χ0) is 12.3. The summed E-state index contributed by atoms with van der Waals surface area (Å²) in [7, 11) is 0. The topological polar surface area (TPSA) is 56.7 Å². The van der Waals surface area contributed by atoms with Gasteiger partial charge in [0.05, 0.1) is 12.1 Å². The van der Waals surface area contributed by atoms with Crippen LogP contribution in [0.4, 0.5) is 0 Å². The molecule has 2 N–H and O–H groups in total. The Morgan fingerprint density at radius 3 is 2.41 bits per heavy atom. The largest absolute Gasteiger partial charge is 0.322 e. The van der Waals surface area contributed by atoms with Gasteiger partial charge in [-0.25, -0.2) is 9.67 Å². The maximum atomic E-state index is 6.34. The van der Waals surface area contributed by atoms with Gasteiger partial charge in [-0.05, 0) is 11.5 Å². The van der Waals surface area contributed by atoms with Crippen molar-refractivity contribution in [3.05, 3.63) is 48.5 Å². The van der Waals surface area contributed by atoms with Crippen LogP contribution >= 0.6 is 0 Å². The molecule has 4 nitrogen and oxygen atoms in total. The SMILES string of the molecule is CC(C)C(C(N)c1ccccc1)n1cncn1. The molecule has 1 aromatic carbocycles. The van der Waals surface area contributed by atoms with E-state index in [4.69, 9.17) is 5.73 Å². The summed E-state index contributed by atoms with van der Waals surface area (Å²) in [6, 6.07) is 10.2. The molecule has 0 amide bonds. The van der Waals surface area contributed by atoms with Gasteiger partial charge in [-0.2, -0.15) is 5.10 Å². The molecule has 0 spiro atoms. The lowest BCUT2D eigenvalue weighted by molar-refractivity contribution is 0.293. The molecule has 0 saturated heterocycles. The van der Waals surface area contributed by atoms with Crippen molar-refractivity contribution in [1.29, 1.82) is 0 Å². The number of benzene rings is 1. The van der Waals surface area contributed by atoms with Crippen molar-refractivity contribution in [1.82, 2.24) is 14.8 Å². The molecule has 0 aliphatic carbocycles. The van der Waals surface area contributed by atoms with Crippen LogP contribution in [-0.4, -0.2) is 14.8 Å². The Morgan fingerprint density at radius 1 is 1.18 bits per heavy atom. The molecular weight excluding hydrogens is 212 g/mol. The number of nitrogens with two attached hydrogens (primary N) is 1. The lowest BCUT2D eigenvalue weighted by atomic mass is 9.92. The van der Waals surface area contributed by atoms with Crippen LogP contribution in [0, 0.1) is 5.92 Å². The molecule has 1 aromatic heterocycles. The Morgan fingerprint density at radius 2 is 1.88 bits per heavy atom. The summed E-state index contributed by atoms with van der Waals surface area (Å²) in [5, 5.41) is 4.21. The van der Waals surface area contributed by atoms with E-state index in [0.717, 1.165) is 5.56 Å². The molecule has 0 fully saturated rings. The third kappa shape index (κ3) is 2.53. The average molecular weight is 230 g/mol. The van der Waals surface area contributed by atoms with E-state index in [1.54, 1.807) is 12.7 Å². The van der Waals surface area contributed by atoms with Crippen LogP contribution in [0.1, 0.15) is 31.5 Å². The van der Waals surface area contributed by atoms with Crippen LogP contribution in [0.2, 0.25) is 0 Å². The Kier molecular flexibility index (Phi) is 3.54. The highest BCUT2D eigenvalue weighted by Crippen LogP contribution is 2.29. The molecule has 0 aliphatic rings. The van der Waals surface area contributed by atoms with Crippen LogP contribution < -0.4 is 5.73 Å². The van der Waals surface area contributed by atoms with Gasteiger partial charge in [-0.1, -0.05) is 44.2 Å². The Hall–Kier alpha value is -1.68. The van der Waals surface area contributed by atoms with Gasteiger partial charge < -0.3 is 5.73 Å². The van der Waals surface area contributed by atoms with Crippen molar-refractivity contribution < 1.29 is 0 Å². The summed E-state index contributed by atoms with van der Waals surface area (Å²) < 4.78 is 1.85. The van der Waals surface area contributed by atoms with E-state index in [9.17, 15) is 0 Å². The van der Waals surface area contributed by atoms with Crippen LogP contribution in [0.3, 0.4) is 0 Å². The molecule has 2 aromatic rings. The molecule has 4 heteroatoms. The van der Waals surface area contributed by atoms with Gasteiger partial charge in [0.1, 0.15) is 12.7 Å². The fourth-order valence-corrected chi connectivity index (χ4v) is 2.13. The molecule has 2 rings (SSSR count). The summed E-state index contributed by atoms with van der Waals surface area (Å²) in [4.78, 5) is 4.00. The molecule has 0 radical (unpaired) electrons. The average Bonchev–Trinajstić information content (AvgIpc) is 2.83. The van der Waals surface area contributed by atoms with Gasteiger partial charge in [0.25, 0.3) is 0 Å². The van der Waals surface area contributed by atoms with Crippen LogP contribution in [0.15, 0.2) is 43.0 Å². The van der Waals surface area contributed by atoms with Crippen LogP contribution in [0.25, 0.3) is 0 Å². The molecule has 0 bridgehead atoms. The van der Waals surface area contributed by atoms with Gasteiger partial charge in [-0.15, -0.1) is 0 Å². The standard InChI is InChI=1S/C13H18N4/c1-10(2)13(17-9-15-8-16-17)12(14)11-6-4-3-5-7-11/h3-10,12-13H,14H2,1-2H3. The van der Waals surface area contributed by atoms with E-state index in [-0.39, 0.29) is 12.1 Å². The number of hydrogen-bond donors (Lipinski definition) is 1. The van der Waals surface area contributed by atoms with Gasteiger partial charge >= 0.3 is 0 Å². The lowest BCUT2D eigenvalue weighted by Crippen LogP contribution is -2.29. The van der Waals surface area contributed by atoms with E-state index in [0.29, 0.717) is 5.92 Å². The minimum Gasteiger partial charge on any atom is -0.322 e. The van der Waals surface area contributed by atoms with Gasteiger partial charge in [0.2, 0.25) is 0 Å². The molecule has 0 saturated carbocycles. The van der Waals surface area contributed by atoms with Crippen LogP contribution in [0.5, 0.6) is 0 Å².